The van der Waals surface area contributed by atoms with Crippen molar-refractivity contribution in [3.63, 3.8) is 0 Å². The molecule has 0 radical (unpaired) electrons. The highest BCUT2D eigenvalue weighted by Gasteiger charge is 2.14. The summed E-state index contributed by atoms with van der Waals surface area (Å²) in [5, 5.41) is 15.3. The van der Waals surface area contributed by atoms with Crippen molar-refractivity contribution in [2.75, 3.05) is 18.1 Å². The van der Waals surface area contributed by atoms with Crippen molar-refractivity contribution in [3.05, 3.63) is 57.5 Å². The van der Waals surface area contributed by atoms with E-state index in [1.807, 2.05) is 43.5 Å². The van der Waals surface area contributed by atoms with Gasteiger partial charge < -0.3 is 15.9 Å². The number of aromatic nitrogens is 3. The topological polar surface area (TPSA) is 124 Å². The van der Waals surface area contributed by atoms with E-state index in [1.165, 1.54) is 9.55 Å². The van der Waals surface area contributed by atoms with Gasteiger partial charge >= 0.3 is 6.03 Å². The molecule has 9 nitrogen and oxygen atoms in total. The number of amides is 3. The molecule has 1 aromatic carbocycles. The number of thioether (sulfide) groups is 1. The number of urea groups is 1. The summed E-state index contributed by atoms with van der Waals surface area (Å²) in [5.74, 6) is 6.68. The fourth-order valence-corrected chi connectivity index (χ4v) is 4.14. The molecule has 0 aliphatic heterocycles. The summed E-state index contributed by atoms with van der Waals surface area (Å²) in [6, 6.07) is 9.33. The van der Waals surface area contributed by atoms with E-state index >= 15 is 0 Å². The lowest BCUT2D eigenvalue weighted by molar-refractivity contribution is -0.117. The van der Waals surface area contributed by atoms with E-state index in [0.29, 0.717) is 17.5 Å². The van der Waals surface area contributed by atoms with Gasteiger partial charge in [0.2, 0.25) is 11.1 Å². The number of ether oxygens (including phenoxy) is 1. The lowest BCUT2D eigenvalue weighted by Crippen LogP contribution is -2.41. The van der Waals surface area contributed by atoms with Crippen LogP contribution in [-0.4, -0.2) is 39.1 Å². The molecule has 3 amide bonds. The average Bonchev–Trinajstić information content (AvgIpc) is 3.34. The molecule has 0 bridgehead atoms. The number of hydrogen-bond donors (Lipinski definition) is 3. The van der Waals surface area contributed by atoms with E-state index in [2.05, 4.69) is 26.9 Å². The van der Waals surface area contributed by atoms with Crippen molar-refractivity contribution in [1.29, 1.82) is 0 Å². The summed E-state index contributed by atoms with van der Waals surface area (Å²) in [6.45, 7) is 4.59. The summed E-state index contributed by atoms with van der Waals surface area (Å²) in [4.78, 5) is 25.0. The normalized spacial score (nSPS) is 10.6. The molecule has 0 atom stereocenters. The quantitative estimate of drug-likeness (QED) is 0.331. The zero-order chi connectivity index (χ0) is 22.2. The third-order valence-corrected chi connectivity index (χ3v) is 6.00. The molecule has 0 spiro atoms. The number of imide groups is 1. The smallest absolute Gasteiger partial charge is 0.321 e. The first-order valence-corrected chi connectivity index (χ1v) is 11.4. The Morgan fingerprint density at radius 2 is 2.00 bits per heavy atom. The molecule has 0 aliphatic rings. The van der Waals surface area contributed by atoms with Crippen LogP contribution in [0.25, 0.3) is 0 Å². The monoisotopic (exact) mass is 460 g/mol. The van der Waals surface area contributed by atoms with E-state index in [9.17, 15) is 9.59 Å². The van der Waals surface area contributed by atoms with E-state index < -0.39 is 11.9 Å². The van der Waals surface area contributed by atoms with Crippen molar-refractivity contribution >= 4 is 35.0 Å². The van der Waals surface area contributed by atoms with Crippen LogP contribution >= 0.6 is 23.1 Å². The third kappa shape index (κ3) is 7.00. The molecule has 0 aliphatic carbocycles. The van der Waals surface area contributed by atoms with Gasteiger partial charge in [-0.05, 0) is 55.0 Å². The van der Waals surface area contributed by atoms with E-state index in [1.54, 1.807) is 11.3 Å². The number of nitrogen functional groups attached to an aromatic ring is 1. The molecule has 0 fully saturated rings. The van der Waals surface area contributed by atoms with Crippen LogP contribution in [0, 0.1) is 13.8 Å². The van der Waals surface area contributed by atoms with Gasteiger partial charge in [0.25, 0.3) is 0 Å². The summed E-state index contributed by atoms with van der Waals surface area (Å²) >= 11 is 2.71. The van der Waals surface area contributed by atoms with Gasteiger partial charge in [-0.25, -0.2) is 9.47 Å². The highest BCUT2D eigenvalue weighted by molar-refractivity contribution is 7.99. The van der Waals surface area contributed by atoms with Crippen molar-refractivity contribution in [2.45, 2.75) is 32.0 Å². The van der Waals surface area contributed by atoms with Gasteiger partial charge in [0.05, 0.1) is 5.75 Å². The maximum Gasteiger partial charge on any atom is 0.321 e. The number of aryl methyl sites for hydroxylation is 2. The number of benzene rings is 1. The average molecular weight is 461 g/mol. The molecule has 3 aromatic rings. The number of rotatable bonds is 9. The van der Waals surface area contributed by atoms with E-state index in [0.717, 1.165) is 35.1 Å². The molecular formula is C20H24N6O3S2. The Bertz CT molecular complexity index is 1020. The maximum absolute atomic E-state index is 12.0. The Balaban J connectivity index is 1.41. The molecule has 164 valence electrons. The van der Waals surface area contributed by atoms with Crippen LogP contribution in [0.3, 0.4) is 0 Å². The molecule has 0 unspecified atom stereocenters. The van der Waals surface area contributed by atoms with Crippen LogP contribution in [0.2, 0.25) is 0 Å². The second-order valence-electron chi connectivity index (χ2n) is 6.80. The van der Waals surface area contributed by atoms with Crippen LogP contribution in [-0.2, 0) is 17.8 Å². The SMILES string of the molecule is Cc1cc(C)cc(OCc2nnc(SCC(=O)NC(=O)NCCc3cccs3)n2N)c1. The van der Waals surface area contributed by atoms with Gasteiger partial charge in [0.1, 0.15) is 12.4 Å². The first-order chi connectivity index (χ1) is 14.9. The van der Waals surface area contributed by atoms with Gasteiger partial charge in [-0.15, -0.1) is 21.5 Å². The number of nitrogens with two attached hydrogens (primary N) is 1. The van der Waals surface area contributed by atoms with E-state index in [-0.39, 0.29) is 12.4 Å². The fourth-order valence-electron chi connectivity index (χ4n) is 2.76. The minimum atomic E-state index is -0.529. The maximum atomic E-state index is 12.0. The molecular weight excluding hydrogens is 436 g/mol. The Labute approximate surface area is 188 Å². The Kier molecular flexibility index (Phi) is 7.90. The Morgan fingerprint density at radius 1 is 1.23 bits per heavy atom. The number of thiophene rings is 1. The van der Waals surface area contributed by atoms with Gasteiger partial charge in [-0.2, -0.15) is 0 Å². The lowest BCUT2D eigenvalue weighted by Gasteiger charge is -2.08. The fraction of sp³-hybridized carbons (Fsp3) is 0.300. The minimum Gasteiger partial charge on any atom is -0.486 e. The van der Waals surface area contributed by atoms with Gasteiger partial charge in [0.15, 0.2) is 5.82 Å². The molecule has 0 saturated carbocycles. The van der Waals surface area contributed by atoms with Gasteiger partial charge in [0, 0.05) is 11.4 Å². The van der Waals surface area contributed by atoms with Crippen molar-refractivity contribution in [3.8, 4) is 5.75 Å². The standard InChI is InChI=1S/C20H24N6O3S2/c1-13-8-14(2)10-15(9-13)29-11-17-24-25-20(26(17)21)31-12-18(27)23-19(28)22-6-5-16-4-3-7-30-16/h3-4,7-10H,5-6,11-12,21H2,1-2H3,(H2,22,23,27,28). The van der Waals surface area contributed by atoms with Crippen molar-refractivity contribution in [1.82, 2.24) is 25.5 Å². The number of hydrogen-bond acceptors (Lipinski definition) is 8. The van der Waals surface area contributed by atoms with Gasteiger partial charge in [-0.3, -0.25) is 10.1 Å². The summed E-state index contributed by atoms with van der Waals surface area (Å²) in [7, 11) is 0. The molecule has 4 N–H and O–H groups in total. The molecule has 0 saturated heterocycles. The van der Waals surface area contributed by atoms with Crippen LogP contribution in [0.5, 0.6) is 5.75 Å². The molecule has 3 rings (SSSR count). The van der Waals surface area contributed by atoms with E-state index in [4.69, 9.17) is 10.6 Å². The third-order valence-electron chi connectivity index (χ3n) is 4.12. The first kappa shape index (κ1) is 22.6. The largest absolute Gasteiger partial charge is 0.486 e. The number of carbonyl (C=O) groups is 2. The van der Waals surface area contributed by atoms with Crippen LogP contribution < -0.4 is 21.2 Å². The molecule has 11 heteroatoms. The predicted molar refractivity (Wildman–Crippen MR) is 121 cm³/mol. The Morgan fingerprint density at radius 3 is 2.71 bits per heavy atom. The zero-order valence-corrected chi connectivity index (χ0v) is 18.9. The number of carbonyl (C=O) groups excluding carboxylic acids is 2. The van der Waals surface area contributed by atoms with Crippen molar-refractivity contribution in [2.24, 2.45) is 0 Å². The molecule has 2 aromatic heterocycles. The summed E-state index contributed by atoms with van der Waals surface area (Å²) in [5.41, 5.74) is 2.20. The molecule has 2 heterocycles. The predicted octanol–water partition coefficient (Wildman–Crippen LogP) is 2.41. The van der Waals surface area contributed by atoms with Gasteiger partial charge in [-0.1, -0.05) is 23.9 Å². The second kappa shape index (κ2) is 10.8. The van der Waals surface area contributed by atoms with Crippen molar-refractivity contribution < 1.29 is 14.3 Å². The lowest BCUT2D eigenvalue weighted by atomic mass is 10.1. The highest BCUT2D eigenvalue weighted by atomic mass is 32.2. The highest BCUT2D eigenvalue weighted by Crippen LogP contribution is 2.19. The molecule has 31 heavy (non-hydrogen) atoms. The Hall–Kier alpha value is -3.05. The first-order valence-electron chi connectivity index (χ1n) is 9.54. The van der Waals surface area contributed by atoms with Crippen LogP contribution in [0.15, 0.2) is 40.9 Å². The summed E-state index contributed by atoms with van der Waals surface area (Å²) in [6.07, 6.45) is 0.720. The minimum absolute atomic E-state index is 0.0222. The number of nitrogens with zero attached hydrogens (tertiary/aromatic N) is 3. The van der Waals surface area contributed by atoms with Crippen LogP contribution in [0.4, 0.5) is 4.79 Å². The van der Waals surface area contributed by atoms with Crippen LogP contribution in [0.1, 0.15) is 21.8 Å². The second-order valence-corrected chi connectivity index (χ2v) is 8.78. The number of nitrogens with one attached hydrogen (secondary N) is 2. The summed E-state index contributed by atoms with van der Waals surface area (Å²) < 4.78 is 7.03. The zero-order valence-electron chi connectivity index (χ0n) is 17.3.